The van der Waals surface area contributed by atoms with Crippen LogP contribution in [0.1, 0.15) is 30.3 Å². The predicted octanol–water partition coefficient (Wildman–Crippen LogP) is 2.29. The quantitative estimate of drug-likeness (QED) is 0.497. The molecule has 146 valence electrons. The predicted molar refractivity (Wildman–Crippen MR) is 102 cm³/mol. The lowest BCUT2D eigenvalue weighted by Crippen LogP contribution is -2.30. The lowest BCUT2D eigenvalue weighted by molar-refractivity contribution is -0.153. The minimum absolute atomic E-state index is 0.106. The average molecular weight is 403 g/mol. The van der Waals surface area contributed by atoms with Crippen LogP contribution in [0.25, 0.3) is 5.78 Å². The first kappa shape index (κ1) is 19.7. The van der Waals surface area contributed by atoms with Crippen molar-refractivity contribution in [3.8, 4) is 0 Å². The van der Waals surface area contributed by atoms with Gasteiger partial charge in [0.1, 0.15) is 6.33 Å². The number of nitrogens with zero attached hydrogens (tertiary/aromatic N) is 5. The fraction of sp³-hybridized carbons (Fsp3) is 0.333. The van der Waals surface area contributed by atoms with Gasteiger partial charge in [0.25, 0.3) is 11.7 Å². The Morgan fingerprint density at radius 2 is 2.11 bits per heavy atom. The van der Waals surface area contributed by atoms with Crippen LogP contribution in [0.4, 0.5) is 5.69 Å². The lowest BCUT2D eigenvalue weighted by Gasteiger charge is -2.14. The Hall–Kier alpha value is -3.07. The largest absolute Gasteiger partial charge is 0.453 e. The Bertz CT molecular complexity index is 1040. The van der Waals surface area contributed by atoms with Crippen LogP contribution in [0, 0.1) is 13.8 Å². The van der Waals surface area contributed by atoms with E-state index in [-0.39, 0.29) is 11.6 Å². The van der Waals surface area contributed by atoms with Gasteiger partial charge in [0.2, 0.25) is 0 Å². The van der Waals surface area contributed by atoms with Gasteiger partial charge in [-0.3, -0.25) is 9.59 Å². The van der Waals surface area contributed by atoms with E-state index in [1.54, 1.807) is 16.6 Å². The van der Waals surface area contributed by atoms with Gasteiger partial charge in [-0.2, -0.15) is 10.1 Å². The van der Waals surface area contributed by atoms with Crippen molar-refractivity contribution in [3.05, 3.63) is 46.8 Å². The molecule has 10 heteroatoms. The van der Waals surface area contributed by atoms with Gasteiger partial charge in [-0.05, 0) is 44.9 Å². The summed E-state index contributed by atoms with van der Waals surface area (Å²) < 4.78 is 6.85. The molecule has 0 aliphatic rings. The van der Waals surface area contributed by atoms with E-state index in [1.807, 2.05) is 13.8 Å². The van der Waals surface area contributed by atoms with E-state index in [9.17, 15) is 9.59 Å². The van der Waals surface area contributed by atoms with Crippen LogP contribution >= 0.6 is 11.6 Å². The average Bonchev–Trinajstić information content (AvgIpc) is 3.11. The molecule has 0 aromatic carbocycles. The van der Waals surface area contributed by atoms with Crippen molar-refractivity contribution < 1.29 is 14.3 Å². The molecule has 28 heavy (non-hydrogen) atoms. The maximum absolute atomic E-state index is 12.2. The van der Waals surface area contributed by atoms with Crippen LogP contribution in [0.15, 0.2) is 24.7 Å². The molecule has 0 radical (unpaired) electrons. The summed E-state index contributed by atoms with van der Waals surface area (Å²) in [6.07, 6.45) is 2.50. The lowest BCUT2D eigenvalue weighted by atomic mass is 10.1. The van der Waals surface area contributed by atoms with Gasteiger partial charge >= 0.3 is 5.97 Å². The number of halogens is 1. The Kier molecular flexibility index (Phi) is 5.84. The van der Waals surface area contributed by atoms with E-state index >= 15 is 0 Å². The van der Waals surface area contributed by atoms with Crippen molar-refractivity contribution in [1.29, 1.82) is 0 Å². The number of esters is 1. The molecule has 3 aromatic heterocycles. The van der Waals surface area contributed by atoms with Crippen LogP contribution in [0.3, 0.4) is 0 Å². The fourth-order valence-corrected chi connectivity index (χ4v) is 2.93. The van der Waals surface area contributed by atoms with Gasteiger partial charge in [-0.15, -0.1) is 0 Å². The zero-order valence-electron chi connectivity index (χ0n) is 15.6. The van der Waals surface area contributed by atoms with Crippen molar-refractivity contribution >= 4 is 34.9 Å². The van der Waals surface area contributed by atoms with E-state index < -0.39 is 18.0 Å². The molecule has 0 aliphatic heterocycles. The third-order valence-corrected chi connectivity index (χ3v) is 4.56. The number of hydrogen-bond acceptors (Lipinski definition) is 7. The highest BCUT2D eigenvalue weighted by atomic mass is 35.5. The molecule has 1 amide bonds. The Labute approximate surface area is 166 Å². The second kappa shape index (κ2) is 8.30. The smallest absolute Gasteiger partial charge is 0.306 e. The minimum atomic E-state index is -0.970. The zero-order chi connectivity index (χ0) is 20.3. The molecule has 0 fully saturated rings. The Morgan fingerprint density at radius 3 is 2.86 bits per heavy atom. The Morgan fingerprint density at radius 1 is 1.32 bits per heavy atom. The van der Waals surface area contributed by atoms with Crippen molar-refractivity contribution in [2.24, 2.45) is 0 Å². The number of carbonyl (C=O) groups excluding carboxylic acids is 2. The van der Waals surface area contributed by atoms with Gasteiger partial charge in [-0.25, -0.2) is 14.5 Å². The SMILES string of the molecule is Cc1nc2ncnn2c(C)c1CCC(=O)OC(C)C(=O)Nc1cccnc1Cl. The third-order valence-electron chi connectivity index (χ3n) is 4.26. The van der Waals surface area contributed by atoms with Gasteiger partial charge in [0.15, 0.2) is 11.3 Å². The van der Waals surface area contributed by atoms with Crippen molar-refractivity contribution in [2.45, 2.75) is 39.7 Å². The first-order chi connectivity index (χ1) is 13.4. The minimum Gasteiger partial charge on any atom is -0.453 e. The maximum atomic E-state index is 12.2. The number of pyridine rings is 1. The standard InChI is InChI=1S/C18H19ClN6O3/c1-10-13(11(2)25-18(23-10)21-9-22-25)6-7-15(26)28-12(3)17(27)24-14-5-4-8-20-16(14)19/h4-5,8-9,12H,6-7H2,1-3H3,(H,24,27). The van der Waals surface area contributed by atoms with Crippen molar-refractivity contribution in [1.82, 2.24) is 24.6 Å². The summed E-state index contributed by atoms with van der Waals surface area (Å²) in [5.74, 6) is -0.459. The van der Waals surface area contributed by atoms with Gasteiger partial charge in [0, 0.05) is 24.0 Å². The zero-order valence-corrected chi connectivity index (χ0v) is 16.4. The van der Waals surface area contributed by atoms with E-state index in [2.05, 4.69) is 25.4 Å². The molecule has 0 saturated carbocycles. The topological polar surface area (TPSA) is 111 Å². The van der Waals surface area contributed by atoms with E-state index in [4.69, 9.17) is 16.3 Å². The summed E-state index contributed by atoms with van der Waals surface area (Å²) in [5.41, 5.74) is 2.90. The molecule has 0 saturated heterocycles. The normalized spacial score (nSPS) is 12.0. The highest BCUT2D eigenvalue weighted by Gasteiger charge is 2.20. The highest BCUT2D eigenvalue weighted by molar-refractivity contribution is 6.32. The molecule has 3 heterocycles. The first-order valence-corrected chi connectivity index (χ1v) is 9.01. The molecule has 0 spiro atoms. The van der Waals surface area contributed by atoms with E-state index in [1.165, 1.54) is 19.4 Å². The van der Waals surface area contributed by atoms with E-state index in [0.29, 0.717) is 17.9 Å². The molecule has 1 N–H and O–H groups in total. The summed E-state index contributed by atoms with van der Waals surface area (Å²) in [6.45, 7) is 5.25. The molecular weight excluding hydrogens is 384 g/mol. The van der Waals surface area contributed by atoms with Crippen molar-refractivity contribution in [2.75, 3.05) is 5.32 Å². The number of ether oxygens (including phenoxy) is 1. The number of carbonyl (C=O) groups is 2. The third kappa shape index (κ3) is 4.25. The molecular formula is C18H19ClN6O3. The number of aromatic nitrogens is 5. The monoisotopic (exact) mass is 402 g/mol. The second-order valence-electron chi connectivity index (χ2n) is 6.20. The van der Waals surface area contributed by atoms with Crippen LogP contribution in [-0.4, -0.2) is 42.5 Å². The molecule has 3 aromatic rings. The van der Waals surface area contributed by atoms with Gasteiger partial charge in [0.05, 0.1) is 5.69 Å². The molecule has 1 atom stereocenters. The first-order valence-electron chi connectivity index (χ1n) is 8.63. The van der Waals surface area contributed by atoms with Crippen molar-refractivity contribution in [3.63, 3.8) is 0 Å². The van der Waals surface area contributed by atoms with E-state index in [0.717, 1.165) is 17.0 Å². The van der Waals surface area contributed by atoms with Gasteiger partial charge < -0.3 is 10.1 Å². The number of fused-ring (bicyclic) bond motifs is 1. The summed E-state index contributed by atoms with van der Waals surface area (Å²) in [4.78, 5) is 36.7. The van der Waals surface area contributed by atoms with Crippen LogP contribution < -0.4 is 5.32 Å². The summed E-state index contributed by atoms with van der Waals surface area (Å²) in [5, 5.41) is 6.87. The molecule has 3 rings (SSSR count). The summed E-state index contributed by atoms with van der Waals surface area (Å²) >= 11 is 5.91. The Balaban J connectivity index is 1.58. The van der Waals surface area contributed by atoms with Crippen LogP contribution in [-0.2, 0) is 20.7 Å². The molecule has 1 unspecified atom stereocenters. The number of nitrogens with one attached hydrogen (secondary N) is 1. The number of amides is 1. The number of anilines is 1. The molecule has 9 nitrogen and oxygen atoms in total. The van der Waals surface area contributed by atoms with Crippen LogP contribution in [0.2, 0.25) is 5.15 Å². The molecule has 0 aliphatic carbocycles. The van der Waals surface area contributed by atoms with Gasteiger partial charge in [-0.1, -0.05) is 11.6 Å². The number of rotatable bonds is 6. The number of aryl methyl sites for hydroxylation is 2. The summed E-state index contributed by atoms with van der Waals surface area (Å²) in [6, 6.07) is 3.25. The maximum Gasteiger partial charge on any atom is 0.306 e. The fourth-order valence-electron chi connectivity index (χ4n) is 2.77. The highest BCUT2D eigenvalue weighted by Crippen LogP contribution is 2.18. The molecule has 0 bridgehead atoms. The number of hydrogen-bond donors (Lipinski definition) is 1. The van der Waals surface area contributed by atoms with Crippen LogP contribution in [0.5, 0.6) is 0 Å². The second-order valence-corrected chi connectivity index (χ2v) is 6.55. The summed E-state index contributed by atoms with van der Waals surface area (Å²) in [7, 11) is 0.